The van der Waals surface area contributed by atoms with E-state index in [-0.39, 0.29) is 16.9 Å². The summed E-state index contributed by atoms with van der Waals surface area (Å²) in [6.45, 7) is 1.60. The lowest BCUT2D eigenvalue weighted by Crippen LogP contribution is -2.56. The maximum atomic E-state index is 11.8. The maximum absolute atomic E-state index is 11.8. The van der Waals surface area contributed by atoms with Crippen molar-refractivity contribution in [2.75, 3.05) is 7.05 Å². The zero-order valence-electron chi connectivity index (χ0n) is 10.0. The van der Waals surface area contributed by atoms with Crippen LogP contribution >= 0.6 is 0 Å². The summed E-state index contributed by atoms with van der Waals surface area (Å²) in [5, 5.41) is 10.0. The molecule has 1 amide bonds. The van der Waals surface area contributed by atoms with Crippen molar-refractivity contribution in [2.24, 2.45) is 11.8 Å². The topological polar surface area (TPSA) is 94.9 Å². The van der Waals surface area contributed by atoms with Crippen LogP contribution in [0.4, 0.5) is 0 Å². The first-order valence-corrected chi connectivity index (χ1v) is 6.99. The van der Waals surface area contributed by atoms with E-state index in [4.69, 9.17) is 4.55 Å². The van der Waals surface area contributed by atoms with Gasteiger partial charge in [-0.1, -0.05) is 19.1 Å². The van der Waals surface area contributed by atoms with Gasteiger partial charge in [0.15, 0.2) is 0 Å². The smallest absolute Gasteiger partial charge is 0.294 e. The number of piperidine rings is 1. The molecule has 1 aliphatic heterocycles. The fourth-order valence-electron chi connectivity index (χ4n) is 2.47. The van der Waals surface area contributed by atoms with E-state index >= 15 is 0 Å². The van der Waals surface area contributed by atoms with Crippen molar-refractivity contribution in [1.82, 2.24) is 4.90 Å². The minimum atomic E-state index is -4.29. The van der Waals surface area contributed by atoms with E-state index in [1.807, 2.05) is 0 Å². The van der Waals surface area contributed by atoms with Crippen LogP contribution in [0.5, 0.6) is 0 Å². The molecule has 0 aromatic heterocycles. The Morgan fingerprint density at radius 3 is 2.56 bits per heavy atom. The van der Waals surface area contributed by atoms with Crippen molar-refractivity contribution >= 4 is 16.0 Å². The van der Waals surface area contributed by atoms with Crippen LogP contribution in [0.1, 0.15) is 6.92 Å². The molecule has 0 saturated carbocycles. The summed E-state index contributed by atoms with van der Waals surface area (Å²) in [4.78, 5) is 13.1. The van der Waals surface area contributed by atoms with Crippen LogP contribution in [0.15, 0.2) is 23.1 Å². The number of likely N-dealkylation sites (tertiary alicyclic amines) is 1. The highest BCUT2D eigenvalue weighted by Crippen LogP contribution is 2.34. The van der Waals surface area contributed by atoms with Crippen LogP contribution in [0.3, 0.4) is 0 Å². The van der Waals surface area contributed by atoms with Gasteiger partial charge in [-0.05, 0) is 6.08 Å². The molecular weight excluding hydrogens is 258 g/mol. The summed E-state index contributed by atoms with van der Waals surface area (Å²) in [6, 6.07) is -0.380. The number of nitrogens with zero attached hydrogens (tertiary/aromatic N) is 1. The Morgan fingerprint density at radius 2 is 2.00 bits per heavy atom. The number of fused-ring (bicyclic) bond motifs is 1. The number of hydrogen-bond donors (Lipinski definition) is 2. The highest BCUT2D eigenvalue weighted by Gasteiger charge is 2.44. The third-order valence-electron chi connectivity index (χ3n) is 3.60. The number of carbonyl (C=O) groups excluding carboxylic acids is 1. The number of aliphatic hydroxyl groups excluding tert-OH is 1. The number of allylic oxidation sites excluding steroid dienone is 1. The second-order valence-corrected chi connectivity index (χ2v) is 6.12. The van der Waals surface area contributed by atoms with Crippen LogP contribution in [-0.4, -0.2) is 48.1 Å². The van der Waals surface area contributed by atoms with Gasteiger partial charge in [-0.3, -0.25) is 9.35 Å². The Labute approximate surface area is 105 Å². The lowest BCUT2D eigenvalue weighted by Gasteiger charge is -2.43. The second-order valence-electron chi connectivity index (χ2n) is 4.70. The number of aliphatic hydroxyl groups is 1. The zero-order valence-corrected chi connectivity index (χ0v) is 10.8. The summed E-state index contributed by atoms with van der Waals surface area (Å²) in [5.74, 6) is -1.30. The van der Waals surface area contributed by atoms with Gasteiger partial charge in [0.05, 0.1) is 23.0 Å². The molecule has 1 saturated heterocycles. The number of amides is 1. The van der Waals surface area contributed by atoms with Crippen LogP contribution < -0.4 is 0 Å². The quantitative estimate of drug-likeness (QED) is 0.644. The lowest BCUT2D eigenvalue weighted by molar-refractivity contribution is -0.147. The first-order valence-electron chi connectivity index (χ1n) is 5.55. The van der Waals surface area contributed by atoms with E-state index < -0.39 is 28.1 Å². The molecule has 0 spiro atoms. The largest absolute Gasteiger partial charge is 0.392 e. The molecule has 1 fully saturated rings. The van der Waals surface area contributed by atoms with Crippen LogP contribution in [0, 0.1) is 11.8 Å². The molecule has 1 aliphatic carbocycles. The fraction of sp³-hybridized carbons (Fsp3) is 0.545. The first-order chi connectivity index (χ1) is 8.23. The number of rotatable bonds is 1. The van der Waals surface area contributed by atoms with Gasteiger partial charge in [-0.15, -0.1) is 0 Å². The van der Waals surface area contributed by atoms with Gasteiger partial charge < -0.3 is 10.0 Å². The number of hydrogen-bond acceptors (Lipinski definition) is 4. The molecule has 1 heterocycles. The molecular formula is C11H15NO5S. The van der Waals surface area contributed by atoms with Crippen LogP contribution in [-0.2, 0) is 14.9 Å². The number of likely N-dealkylation sites (N-methyl/N-ethyl adjacent to an activating group) is 1. The minimum Gasteiger partial charge on any atom is -0.392 e. The third-order valence-corrected chi connectivity index (χ3v) is 4.47. The Bertz CT molecular complexity index is 536. The Balaban J connectivity index is 2.41. The summed E-state index contributed by atoms with van der Waals surface area (Å²) >= 11 is 0. The van der Waals surface area contributed by atoms with Gasteiger partial charge in [0, 0.05) is 13.0 Å². The molecule has 2 N–H and O–H groups in total. The molecule has 0 bridgehead atoms. The van der Waals surface area contributed by atoms with Gasteiger partial charge in [-0.2, -0.15) is 8.42 Å². The molecule has 4 atom stereocenters. The summed E-state index contributed by atoms with van der Waals surface area (Å²) in [6.07, 6.45) is 3.12. The van der Waals surface area contributed by atoms with Crippen LogP contribution in [0.25, 0.3) is 0 Å². The van der Waals surface area contributed by atoms with Gasteiger partial charge in [0.2, 0.25) is 5.91 Å². The number of carbonyl (C=O) groups is 1. The molecule has 0 aromatic carbocycles. The molecule has 2 rings (SSSR count). The normalized spacial score (nSPS) is 36.3. The fourth-order valence-corrected chi connectivity index (χ4v) is 3.05. The maximum Gasteiger partial charge on any atom is 0.294 e. The molecule has 4 unspecified atom stereocenters. The molecule has 100 valence electrons. The van der Waals surface area contributed by atoms with E-state index in [0.29, 0.717) is 0 Å². The summed E-state index contributed by atoms with van der Waals surface area (Å²) in [7, 11) is -2.68. The SMILES string of the molecule is CC1C(=O)N(C)C2C=CC(S(=O)(=O)O)=CC2C1O. The Kier molecular flexibility index (Phi) is 3.08. The third kappa shape index (κ3) is 1.98. The highest BCUT2D eigenvalue weighted by atomic mass is 32.2. The molecule has 18 heavy (non-hydrogen) atoms. The molecule has 0 aromatic rings. The van der Waals surface area contributed by atoms with Crippen molar-refractivity contribution in [2.45, 2.75) is 19.1 Å². The Morgan fingerprint density at radius 1 is 1.39 bits per heavy atom. The van der Waals surface area contributed by atoms with Crippen molar-refractivity contribution in [3.05, 3.63) is 23.1 Å². The van der Waals surface area contributed by atoms with Crippen molar-refractivity contribution in [3.8, 4) is 0 Å². The van der Waals surface area contributed by atoms with Gasteiger partial charge >= 0.3 is 0 Å². The van der Waals surface area contributed by atoms with Crippen molar-refractivity contribution in [3.63, 3.8) is 0 Å². The van der Waals surface area contributed by atoms with E-state index in [9.17, 15) is 18.3 Å². The molecule has 6 nitrogen and oxygen atoms in total. The van der Waals surface area contributed by atoms with Gasteiger partial charge in [0.25, 0.3) is 10.1 Å². The van der Waals surface area contributed by atoms with Gasteiger partial charge in [-0.25, -0.2) is 0 Å². The predicted molar refractivity (Wildman–Crippen MR) is 64.0 cm³/mol. The standard InChI is InChI=1S/C11H15NO5S/c1-6-10(13)8-5-7(18(15,16)17)3-4-9(8)12(2)11(6)14/h3-6,8-10,13H,1-2H3,(H,15,16,17). The van der Waals surface area contributed by atoms with Gasteiger partial charge in [0.1, 0.15) is 0 Å². The monoisotopic (exact) mass is 273 g/mol. The predicted octanol–water partition coefficient (Wildman–Crippen LogP) is -0.218. The average Bonchev–Trinajstić information content (AvgIpc) is 2.32. The van der Waals surface area contributed by atoms with Crippen molar-refractivity contribution < 1.29 is 22.9 Å². The van der Waals surface area contributed by atoms with E-state index in [1.54, 1.807) is 14.0 Å². The van der Waals surface area contributed by atoms with E-state index in [0.717, 1.165) is 0 Å². The van der Waals surface area contributed by atoms with E-state index in [2.05, 4.69) is 0 Å². The van der Waals surface area contributed by atoms with Crippen molar-refractivity contribution in [1.29, 1.82) is 0 Å². The zero-order chi connectivity index (χ0) is 13.7. The molecule has 2 aliphatic rings. The first kappa shape index (κ1) is 13.3. The molecule has 0 radical (unpaired) electrons. The highest BCUT2D eigenvalue weighted by molar-refractivity contribution is 7.90. The second kappa shape index (κ2) is 4.18. The minimum absolute atomic E-state index is 0.183. The lowest BCUT2D eigenvalue weighted by atomic mass is 9.79. The average molecular weight is 273 g/mol. The van der Waals surface area contributed by atoms with Crippen LogP contribution in [0.2, 0.25) is 0 Å². The van der Waals surface area contributed by atoms with E-state index in [1.165, 1.54) is 23.1 Å². The summed E-state index contributed by atoms with van der Waals surface area (Å²) in [5.41, 5.74) is 0. The summed E-state index contributed by atoms with van der Waals surface area (Å²) < 4.78 is 31.1. The molecule has 7 heteroatoms. The Hall–Kier alpha value is -1.18.